The Hall–Kier alpha value is -4.90. The van der Waals surface area contributed by atoms with Gasteiger partial charge < -0.3 is 24.7 Å². The zero-order valence-electron chi connectivity index (χ0n) is 25.4. The van der Waals surface area contributed by atoms with Gasteiger partial charge in [0.15, 0.2) is 5.82 Å². The second kappa shape index (κ2) is 13.0. The topological polar surface area (TPSA) is 103 Å². The minimum absolute atomic E-state index is 0.0237. The van der Waals surface area contributed by atoms with Crippen molar-refractivity contribution in [3.8, 4) is 17.1 Å². The smallest absolute Gasteiger partial charge is 0.222 e. The van der Waals surface area contributed by atoms with Gasteiger partial charge in [-0.3, -0.25) is 4.79 Å². The van der Waals surface area contributed by atoms with Gasteiger partial charge in [0.1, 0.15) is 29.0 Å². The van der Waals surface area contributed by atoms with E-state index in [0.717, 1.165) is 40.7 Å². The Bertz CT molecular complexity index is 1850. The molecule has 2 N–H and O–H groups in total. The molecule has 5 aromatic rings. The lowest BCUT2D eigenvalue weighted by atomic mass is 9.96. The van der Waals surface area contributed by atoms with Crippen LogP contribution >= 0.6 is 0 Å². The number of carbonyl (C=O) groups excluding carboxylic acids is 1. The maximum absolute atomic E-state index is 15.2. The summed E-state index contributed by atoms with van der Waals surface area (Å²) < 4.78 is 43.2. The minimum atomic E-state index is -0.669. The number of para-hydroxylation sites is 1. The first-order valence-electron chi connectivity index (χ1n) is 15.0. The van der Waals surface area contributed by atoms with Crippen LogP contribution in [0.25, 0.3) is 22.3 Å². The highest BCUT2D eigenvalue weighted by molar-refractivity contribution is 5.96. The summed E-state index contributed by atoms with van der Waals surface area (Å²) in [5.41, 5.74) is 3.87. The van der Waals surface area contributed by atoms with Crippen molar-refractivity contribution < 1.29 is 23.0 Å². The van der Waals surface area contributed by atoms with Gasteiger partial charge >= 0.3 is 0 Å². The normalized spacial score (nSPS) is 13.6. The molecule has 0 aliphatic carbocycles. The van der Waals surface area contributed by atoms with Crippen LogP contribution in [0.5, 0.6) is 5.75 Å². The van der Waals surface area contributed by atoms with E-state index >= 15 is 8.78 Å². The molecule has 4 heterocycles. The van der Waals surface area contributed by atoms with Crippen LogP contribution in [0.15, 0.2) is 60.8 Å². The molecular weight excluding hydrogens is 578 g/mol. The lowest BCUT2D eigenvalue weighted by molar-refractivity contribution is -0.114. The van der Waals surface area contributed by atoms with Crippen LogP contribution in [0.1, 0.15) is 49.6 Å². The zero-order chi connectivity index (χ0) is 31.5. The van der Waals surface area contributed by atoms with E-state index in [4.69, 9.17) is 19.4 Å². The summed E-state index contributed by atoms with van der Waals surface area (Å²) in [4.78, 5) is 25.8. The van der Waals surface area contributed by atoms with Gasteiger partial charge in [0.25, 0.3) is 0 Å². The molecule has 1 aliphatic heterocycles. The molecule has 9 nitrogen and oxygen atoms in total. The Morgan fingerprint density at radius 1 is 1.04 bits per heavy atom. The lowest BCUT2D eigenvalue weighted by Crippen LogP contribution is -2.16. The number of amides is 1. The Morgan fingerprint density at radius 2 is 1.80 bits per heavy atom. The third-order valence-corrected chi connectivity index (χ3v) is 7.92. The summed E-state index contributed by atoms with van der Waals surface area (Å²) in [5, 5.41) is 6.93. The quantitative estimate of drug-likeness (QED) is 0.183. The summed E-state index contributed by atoms with van der Waals surface area (Å²) in [6, 6.07) is 15.6. The molecule has 0 unspecified atom stereocenters. The van der Waals surface area contributed by atoms with E-state index in [9.17, 15) is 4.79 Å². The molecule has 0 bridgehead atoms. The number of carbonyl (C=O) groups is 1. The Labute approximate surface area is 259 Å². The standard InChI is InChI=1S/C34H34F2N6O3/c1-4-45-24-16-27(35)26(28(36)17-24)19-42-20(2)33(25-7-5-6-8-30(25)42)34-40-29(22-10-13-44-14-11-22)18-32(41-34)39-23-9-12-37-31(15-23)38-21(3)43/h5-9,12,15-18,22H,4,10-11,13-14,19H2,1-3H3,(H2,37,38,39,40,41,43). The van der Waals surface area contributed by atoms with E-state index in [1.807, 2.05) is 41.8 Å². The summed E-state index contributed by atoms with van der Waals surface area (Å²) in [5.74, 6) is 0.257. The molecule has 0 saturated carbocycles. The highest BCUT2D eigenvalue weighted by atomic mass is 19.1. The van der Waals surface area contributed by atoms with Crippen molar-refractivity contribution in [2.75, 3.05) is 30.5 Å². The monoisotopic (exact) mass is 612 g/mol. The van der Waals surface area contributed by atoms with Crippen LogP contribution in [-0.2, 0) is 16.1 Å². The highest BCUT2D eigenvalue weighted by Crippen LogP contribution is 2.37. The molecule has 45 heavy (non-hydrogen) atoms. The fraction of sp³-hybridized carbons (Fsp3) is 0.294. The molecule has 1 fully saturated rings. The minimum Gasteiger partial charge on any atom is -0.494 e. The van der Waals surface area contributed by atoms with E-state index in [1.54, 1.807) is 25.3 Å². The number of pyridine rings is 1. The molecule has 0 spiro atoms. The first-order chi connectivity index (χ1) is 21.8. The number of hydrogen-bond acceptors (Lipinski definition) is 7. The number of hydrogen-bond donors (Lipinski definition) is 2. The van der Waals surface area contributed by atoms with Crippen LogP contribution in [0, 0.1) is 18.6 Å². The number of halogens is 2. The van der Waals surface area contributed by atoms with Gasteiger partial charge in [0, 0.05) is 95.6 Å². The maximum Gasteiger partial charge on any atom is 0.222 e. The van der Waals surface area contributed by atoms with Crippen molar-refractivity contribution in [3.05, 3.63) is 89.4 Å². The number of nitrogens with one attached hydrogen (secondary N) is 2. The van der Waals surface area contributed by atoms with E-state index in [1.165, 1.54) is 19.1 Å². The molecule has 0 atom stereocenters. The van der Waals surface area contributed by atoms with Crippen LogP contribution < -0.4 is 15.4 Å². The zero-order valence-corrected chi connectivity index (χ0v) is 25.4. The van der Waals surface area contributed by atoms with Crippen molar-refractivity contribution in [2.45, 2.75) is 46.1 Å². The molecule has 1 aliphatic rings. The fourth-order valence-electron chi connectivity index (χ4n) is 5.81. The summed E-state index contributed by atoms with van der Waals surface area (Å²) in [6.45, 7) is 6.69. The third-order valence-electron chi connectivity index (χ3n) is 7.92. The van der Waals surface area contributed by atoms with Gasteiger partial charge in [0.05, 0.1) is 13.2 Å². The van der Waals surface area contributed by atoms with E-state index in [-0.39, 0.29) is 29.7 Å². The van der Waals surface area contributed by atoms with Gasteiger partial charge in [0.2, 0.25) is 5.91 Å². The van der Waals surface area contributed by atoms with Gasteiger partial charge in [-0.05, 0) is 38.8 Å². The molecule has 1 amide bonds. The third kappa shape index (κ3) is 6.48. The van der Waals surface area contributed by atoms with E-state index < -0.39 is 11.6 Å². The molecule has 2 aromatic carbocycles. The number of rotatable bonds is 9. The van der Waals surface area contributed by atoms with Crippen molar-refractivity contribution in [2.24, 2.45) is 0 Å². The highest BCUT2D eigenvalue weighted by Gasteiger charge is 2.24. The predicted octanol–water partition coefficient (Wildman–Crippen LogP) is 7.12. The molecule has 11 heteroatoms. The van der Waals surface area contributed by atoms with Crippen molar-refractivity contribution in [3.63, 3.8) is 0 Å². The Balaban J connectivity index is 1.45. The Morgan fingerprint density at radius 3 is 2.53 bits per heavy atom. The second-order valence-electron chi connectivity index (χ2n) is 11.0. The maximum atomic E-state index is 15.2. The second-order valence-corrected chi connectivity index (χ2v) is 11.0. The van der Waals surface area contributed by atoms with E-state index in [2.05, 4.69) is 15.6 Å². The first-order valence-corrected chi connectivity index (χ1v) is 15.0. The summed E-state index contributed by atoms with van der Waals surface area (Å²) >= 11 is 0. The number of nitrogens with zero attached hydrogens (tertiary/aromatic N) is 4. The SMILES string of the molecule is CCOc1cc(F)c(Cn2c(C)c(-c3nc(Nc4ccnc(NC(C)=O)c4)cc(C4CCOCC4)n3)c3ccccc32)c(F)c1. The number of anilines is 3. The van der Waals surface area contributed by atoms with Crippen LogP contribution in [0.3, 0.4) is 0 Å². The molecule has 1 saturated heterocycles. The van der Waals surface area contributed by atoms with Crippen molar-refractivity contribution in [1.82, 2.24) is 19.5 Å². The fourth-order valence-corrected chi connectivity index (χ4v) is 5.81. The van der Waals surface area contributed by atoms with Gasteiger partial charge in [-0.2, -0.15) is 0 Å². The van der Waals surface area contributed by atoms with Crippen molar-refractivity contribution in [1.29, 1.82) is 0 Å². The molecule has 0 radical (unpaired) electrons. The number of ether oxygens (including phenoxy) is 2. The van der Waals surface area contributed by atoms with Crippen LogP contribution in [-0.4, -0.2) is 45.2 Å². The number of fused-ring (bicyclic) bond motifs is 1. The summed E-state index contributed by atoms with van der Waals surface area (Å²) in [7, 11) is 0. The molecule has 232 valence electrons. The molecule has 6 rings (SSSR count). The van der Waals surface area contributed by atoms with Gasteiger partial charge in [-0.25, -0.2) is 23.7 Å². The van der Waals surface area contributed by atoms with E-state index in [0.29, 0.717) is 43.0 Å². The number of aromatic nitrogens is 4. The number of benzene rings is 2. The van der Waals surface area contributed by atoms with Gasteiger partial charge in [-0.1, -0.05) is 18.2 Å². The van der Waals surface area contributed by atoms with Crippen LogP contribution in [0.4, 0.5) is 26.1 Å². The average Bonchev–Trinajstić information content (AvgIpc) is 3.30. The predicted molar refractivity (Wildman–Crippen MR) is 169 cm³/mol. The molecular formula is C34H34F2N6O3. The Kier molecular flexibility index (Phi) is 8.70. The lowest BCUT2D eigenvalue weighted by Gasteiger charge is -2.22. The largest absolute Gasteiger partial charge is 0.494 e. The van der Waals surface area contributed by atoms with Crippen molar-refractivity contribution >= 4 is 34.1 Å². The molecule has 3 aromatic heterocycles. The first kappa shape index (κ1) is 30.1. The summed E-state index contributed by atoms with van der Waals surface area (Å²) in [6.07, 6.45) is 3.26. The average molecular weight is 613 g/mol. The van der Waals surface area contributed by atoms with Gasteiger partial charge in [-0.15, -0.1) is 0 Å². The van der Waals surface area contributed by atoms with Crippen LogP contribution in [0.2, 0.25) is 0 Å².